The summed E-state index contributed by atoms with van der Waals surface area (Å²) in [7, 11) is 1.96. The number of hydrogen-bond donors (Lipinski definition) is 1. The molecule has 0 aromatic carbocycles. The molecule has 1 aliphatic rings. The number of aryl methyl sites for hydroxylation is 1. The quantitative estimate of drug-likeness (QED) is 0.838. The minimum Gasteiger partial charge on any atom is -0.374 e. The van der Waals surface area contributed by atoms with Crippen LogP contribution in [-0.2, 0) is 18.2 Å². The molecule has 0 aliphatic heterocycles. The van der Waals surface area contributed by atoms with E-state index in [1.165, 1.54) is 12.8 Å². The molecule has 0 spiro atoms. The number of nitrogens with one attached hydrogen (secondary N) is 1. The van der Waals surface area contributed by atoms with E-state index in [-0.39, 0.29) is 5.60 Å². The van der Waals surface area contributed by atoms with Gasteiger partial charge in [0.05, 0.1) is 5.60 Å². The van der Waals surface area contributed by atoms with Gasteiger partial charge in [0.15, 0.2) is 0 Å². The highest BCUT2D eigenvalue weighted by atomic mass is 16.5. The molecule has 120 valence electrons. The lowest BCUT2D eigenvalue weighted by Crippen LogP contribution is -2.55. The Morgan fingerprint density at radius 1 is 1.43 bits per heavy atom. The van der Waals surface area contributed by atoms with Crippen LogP contribution < -0.4 is 5.32 Å². The van der Waals surface area contributed by atoms with E-state index >= 15 is 0 Å². The first kappa shape index (κ1) is 16.4. The fraction of sp³-hybridized carbons (Fsp3) is 0.875. The van der Waals surface area contributed by atoms with Crippen LogP contribution in [0.25, 0.3) is 0 Å². The van der Waals surface area contributed by atoms with E-state index in [0.717, 1.165) is 44.2 Å². The van der Waals surface area contributed by atoms with Crippen LogP contribution in [0.3, 0.4) is 0 Å². The van der Waals surface area contributed by atoms with Crippen LogP contribution in [0.2, 0.25) is 0 Å². The van der Waals surface area contributed by atoms with Crippen molar-refractivity contribution in [3.05, 3.63) is 12.2 Å². The molecule has 2 rings (SSSR count). The van der Waals surface area contributed by atoms with Crippen molar-refractivity contribution in [2.45, 2.75) is 64.5 Å². The molecule has 5 nitrogen and oxygen atoms in total. The van der Waals surface area contributed by atoms with Crippen molar-refractivity contribution in [1.82, 2.24) is 20.1 Å². The van der Waals surface area contributed by atoms with Gasteiger partial charge in [-0.25, -0.2) is 4.98 Å². The summed E-state index contributed by atoms with van der Waals surface area (Å²) < 4.78 is 8.17. The molecule has 1 aliphatic carbocycles. The second-order valence-electron chi connectivity index (χ2n) is 6.29. The van der Waals surface area contributed by atoms with Crippen LogP contribution in [0.4, 0.5) is 0 Å². The maximum atomic E-state index is 6.30. The second kappa shape index (κ2) is 7.36. The normalized spacial score (nSPS) is 27.7. The van der Waals surface area contributed by atoms with Gasteiger partial charge in [0.1, 0.15) is 12.2 Å². The molecule has 1 unspecified atom stereocenters. The molecule has 1 fully saturated rings. The summed E-state index contributed by atoms with van der Waals surface area (Å²) in [6, 6.07) is 0.304. The lowest BCUT2D eigenvalue weighted by atomic mass is 9.74. The van der Waals surface area contributed by atoms with Gasteiger partial charge in [0.2, 0.25) is 0 Å². The molecule has 21 heavy (non-hydrogen) atoms. The minimum atomic E-state index is -0.0524. The zero-order valence-corrected chi connectivity index (χ0v) is 13.9. The van der Waals surface area contributed by atoms with Crippen molar-refractivity contribution >= 4 is 0 Å². The summed E-state index contributed by atoms with van der Waals surface area (Å²) in [5, 5.41) is 7.84. The van der Waals surface area contributed by atoms with Crippen LogP contribution in [0, 0.1) is 5.92 Å². The Bertz CT molecular complexity index is 424. The van der Waals surface area contributed by atoms with Crippen molar-refractivity contribution in [1.29, 1.82) is 0 Å². The van der Waals surface area contributed by atoms with Gasteiger partial charge in [-0.2, -0.15) is 5.10 Å². The molecule has 5 heteroatoms. The van der Waals surface area contributed by atoms with Crippen molar-refractivity contribution in [2.75, 3.05) is 13.2 Å². The Balaban J connectivity index is 2.18. The van der Waals surface area contributed by atoms with Crippen LogP contribution in [0.5, 0.6) is 0 Å². The molecule has 1 atom stereocenters. The van der Waals surface area contributed by atoms with Crippen molar-refractivity contribution < 1.29 is 4.74 Å². The van der Waals surface area contributed by atoms with Gasteiger partial charge in [0, 0.05) is 26.1 Å². The summed E-state index contributed by atoms with van der Waals surface area (Å²) >= 11 is 0. The second-order valence-corrected chi connectivity index (χ2v) is 6.29. The SMILES string of the molecule is CCNC(Cc1ncnn1C)C1(OCC)CCC(C)CC1. The van der Waals surface area contributed by atoms with Crippen molar-refractivity contribution in [2.24, 2.45) is 13.0 Å². The molecule has 0 saturated heterocycles. The molecular weight excluding hydrogens is 264 g/mol. The van der Waals surface area contributed by atoms with Gasteiger partial charge in [-0.3, -0.25) is 4.68 Å². The van der Waals surface area contributed by atoms with Gasteiger partial charge in [0.25, 0.3) is 0 Å². The number of nitrogens with zero attached hydrogens (tertiary/aromatic N) is 3. The monoisotopic (exact) mass is 294 g/mol. The summed E-state index contributed by atoms with van der Waals surface area (Å²) in [5.41, 5.74) is -0.0524. The standard InChI is InChI=1S/C16H30N4O/c1-5-17-14(11-15-18-12-19-20(15)4)16(21-6-2)9-7-13(3)8-10-16/h12-14,17H,5-11H2,1-4H3. The van der Waals surface area contributed by atoms with Crippen molar-refractivity contribution in [3.8, 4) is 0 Å². The average molecular weight is 294 g/mol. The fourth-order valence-electron chi connectivity index (χ4n) is 3.51. The molecule has 1 heterocycles. The molecule has 1 saturated carbocycles. The Hall–Kier alpha value is -0.940. The van der Waals surface area contributed by atoms with E-state index in [4.69, 9.17) is 4.74 Å². The average Bonchev–Trinajstić information content (AvgIpc) is 2.87. The number of rotatable bonds is 7. The molecular formula is C16H30N4O. The summed E-state index contributed by atoms with van der Waals surface area (Å²) in [6.07, 6.45) is 7.28. The lowest BCUT2D eigenvalue weighted by molar-refractivity contribution is -0.0962. The highest BCUT2D eigenvalue weighted by Crippen LogP contribution is 2.38. The Morgan fingerprint density at radius 3 is 2.67 bits per heavy atom. The Kier molecular flexibility index (Phi) is 5.76. The number of likely N-dealkylation sites (N-methyl/N-ethyl adjacent to an activating group) is 1. The minimum absolute atomic E-state index is 0.0524. The molecule has 1 aromatic rings. The van der Waals surface area contributed by atoms with Gasteiger partial charge in [-0.1, -0.05) is 13.8 Å². The van der Waals surface area contributed by atoms with Gasteiger partial charge in [-0.05, 0) is 45.1 Å². The van der Waals surface area contributed by atoms with Gasteiger partial charge in [-0.15, -0.1) is 0 Å². The first-order valence-electron chi connectivity index (χ1n) is 8.31. The van der Waals surface area contributed by atoms with Crippen molar-refractivity contribution in [3.63, 3.8) is 0 Å². The number of aromatic nitrogens is 3. The molecule has 0 radical (unpaired) electrons. The summed E-state index contributed by atoms with van der Waals surface area (Å²) in [6.45, 7) is 8.34. The van der Waals surface area contributed by atoms with Crippen LogP contribution in [-0.4, -0.2) is 39.6 Å². The highest BCUT2D eigenvalue weighted by molar-refractivity contribution is 5.02. The summed E-state index contributed by atoms with van der Waals surface area (Å²) in [5.74, 6) is 1.84. The van der Waals surface area contributed by atoms with E-state index in [0.29, 0.717) is 6.04 Å². The van der Waals surface area contributed by atoms with E-state index in [9.17, 15) is 0 Å². The molecule has 0 amide bonds. The Labute approximate surface area is 128 Å². The Morgan fingerprint density at radius 2 is 2.14 bits per heavy atom. The third kappa shape index (κ3) is 3.83. The smallest absolute Gasteiger partial charge is 0.138 e. The van der Waals surface area contributed by atoms with Crippen LogP contribution in [0.15, 0.2) is 6.33 Å². The highest BCUT2D eigenvalue weighted by Gasteiger charge is 2.42. The number of hydrogen-bond acceptors (Lipinski definition) is 4. The van der Waals surface area contributed by atoms with Gasteiger partial charge < -0.3 is 10.1 Å². The zero-order valence-electron chi connectivity index (χ0n) is 13.9. The lowest BCUT2D eigenvalue weighted by Gasteiger charge is -2.45. The number of ether oxygens (including phenoxy) is 1. The predicted molar refractivity (Wildman–Crippen MR) is 84.2 cm³/mol. The topological polar surface area (TPSA) is 52.0 Å². The maximum absolute atomic E-state index is 6.30. The van der Waals surface area contributed by atoms with Gasteiger partial charge >= 0.3 is 0 Å². The first-order chi connectivity index (χ1) is 10.1. The predicted octanol–water partition coefficient (Wildman–Crippen LogP) is 2.32. The van der Waals surface area contributed by atoms with E-state index in [1.54, 1.807) is 6.33 Å². The fourth-order valence-corrected chi connectivity index (χ4v) is 3.51. The zero-order chi connectivity index (χ0) is 15.3. The first-order valence-corrected chi connectivity index (χ1v) is 8.31. The molecule has 1 aromatic heterocycles. The third-order valence-electron chi connectivity index (χ3n) is 4.83. The maximum Gasteiger partial charge on any atom is 0.138 e. The largest absolute Gasteiger partial charge is 0.374 e. The summed E-state index contributed by atoms with van der Waals surface area (Å²) in [4.78, 5) is 4.40. The van der Waals surface area contributed by atoms with Crippen LogP contribution in [0.1, 0.15) is 52.3 Å². The molecule has 0 bridgehead atoms. The van der Waals surface area contributed by atoms with Crippen LogP contribution >= 0.6 is 0 Å². The third-order valence-corrected chi connectivity index (χ3v) is 4.83. The van der Waals surface area contributed by atoms with E-state index in [2.05, 4.69) is 36.2 Å². The van der Waals surface area contributed by atoms with E-state index < -0.39 is 0 Å². The van der Waals surface area contributed by atoms with E-state index in [1.807, 2.05) is 11.7 Å². The molecule has 1 N–H and O–H groups in total.